The van der Waals surface area contributed by atoms with Gasteiger partial charge in [-0.05, 0) is 23.5 Å². The third kappa shape index (κ3) is 53.9. The summed E-state index contributed by atoms with van der Waals surface area (Å²) >= 11 is 1.51. The molecule has 0 unspecified atom stereocenters. The number of halogens is 1. The number of aliphatic hydroxyl groups is 1. The van der Waals surface area contributed by atoms with Gasteiger partial charge in [-0.1, -0.05) is 45.0 Å². The number of rotatable bonds is 76. The smallest absolute Gasteiger partial charge is 0.306 e. The molecule has 4 N–H and O–H groups in total. The lowest BCUT2D eigenvalue weighted by Crippen LogP contribution is -2.55. The Morgan fingerprint density at radius 2 is 0.815 bits per heavy atom. The summed E-state index contributed by atoms with van der Waals surface area (Å²) in [5.41, 5.74) is 9.95. The SMILES string of the molecule is COCCOCCOCCOCCOCCOCCOCCOCCOCCOCCOCCOCCOCCOCCOCCOCCOCCOCCOCCOCCOCCOCCN(C)C(=O)CCC(=O)OC[C@H](NC(=O)[C@@H]1C[C@@H](O)CN1C(=O)[C@@H](N)C(C)(C)C)c1ccc(-c2scnc2C)cc1.Cl. The molecule has 0 saturated carbocycles. The number of hydrogen-bond acceptors (Lipinski definition) is 31. The number of nitrogens with zero attached hydrogens (tertiary/aromatic N) is 3. The van der Waals surface area contributed by atoms with Gasteiger partial charge in [-0.2, -0.15) is 0 Å². The van der Waals surface area contributed by atoms with Crippen molar-refractivity contribution >= 4 is 47.4 Å². The number of aryl methyl sites for hydroxylation is 1. The Kier molecular flexibility index (Phi) is 64.7. The van der Waals surface area contributed by atoms with Gasteiger partial charge in [-0.3, -0.25) is 19.2 Å². The number of β-amino-alcohol motifs (C(OH)–C–C–N with tert-alkyl or cyclic N) is 1. The lowest BCUT2D eigenvalue weighted by Gasteiger charge is -2.33. The Morgan fingerprint density at radius 3 is 1.10 bits per heavy atom. The summed E-state index contributed by atoms with van der Waals surface area (Å²) < 4.78 is 126. The van der Waals surface area contributed by atoms with Gasteiger partial charge in [0.15, 0.2) is 0 Å². The van der Waals surface area contributed by atoms with Gasteiger partial charge in [0.2, 0.25) is 17.7 Å². The second-order valence-corrected chi connectivity index (χ2v) is 25.9. The maximum atomic E-state index is 13.9. The molecule has 3 rings (SSSR count). The van der Waals surface area contributed by atoms with Crippen molar-refractivity contribution < 1.29 is 133 Å². The van der Waals surface area contributed by atoms with E-state index in [2.05, 4.69) is 10.3 Å². The highest BCUT2D eigenvalue weighted by molar-refractivity contribution is 7.13. The van der Waals surface area contributed by atoms with Crippen LogP contribution >= 0.6 is 23.7 Å². The molecule has 33 nitrogen and oxygen atoms in total. The first kappa shape index (κ1) is 100. The van der Waals surface area contributed by atoms with Gasteiger partial charge >= 0.3 is 5.97 Å². The number of aliphatic hydroxyl groups excluding tert-OH is 1. The maximum Gasteiger partial charge on any atom is 0.306 e. The molecule has 2 heterocycles. The number of benzene rings is 1. The molecule has 0 aliphatic carbocycles. The van der Waals surface area contributed by atoms with E-state index in [0.29, 0.717) is 290 Å². The normalized spacial score (nSPS) is 14.4. The van der Waals surface area contributed by atoms with Crippen LogP contribution in [0.1, 0.15) is 57.3 Å². The molecule has 0 spiro atoms. The topological polar surface area (TPSA) is 358 Å². The first-order valence-electron chi connectivity index (χ1n) is 37.3. The summed E-state index contributed by atoms with van der Waals surface area (Å²) in [6, 6.07) is 4.77. The van der Waals surface area contributed by atoms with Gasteiger partial charge in [0.05, 0.1) is 325 Å². The molecule has 0 radical (unpaired) electrons. The zero-order valence-electron chi connectivity index (χ0n) is 65.0. The molecule has 35 heteroatoms. The summed E-state index contributed by atoms with van der Waals surface area (Å²) in [7, 11) is 3.27. The van der Waals surface area contributed by atoms with E-state index in [0.717, 1.165) is 16.1 Å². The quantitative estimate of drug-likeness (QED) is 0.0633. The molecule has 1 fully saturated rings. The predicted octanol–water partition coefficient (Wildman–Crippen LogP) is 2.81. The van der Waals surface area contributed by atoms with Gasteiger partial charge in [-0.25, -0.2) is 4.98 Å². The highest BCUT2D eigenvalue weighted by Crippen LogP contribution is 2.30. The Balaban J connectivity index is 0.0000396. The molecule has 628 valence electrons. The molecule has 1 saturated heterocycles. The number of likely N-dealkylation sites (tertiary alicyclic amines) is 1. The molecule has 4 atom stereocenters. The first-order chi connectivity index (χ1) is 52.2. The number of esters is 1. The van der Waals surface area contributed by atoms with Crippen molar-refractivity contribution in [1.29, 1.82) is 0 Å². The van der Waals surface area contributed by atoms with Crippen LogP contribution in [0, 0.1) is 12.3 Å². The highest BCUT2D eigenvalue weighted by atomic mass is 35.5. The van der Waals surface area contributed by atoms with Crippen LogP contribution in [-0.2, 0) is 128 Å². The summed E-state index contributed by atoms with van der Waals surface area (Å²) in [6.45, 7) is 27.4. The predicted molar refractivity (Wildman–Crippen MR) is 401 cm³/mol. The van der Waals surface area contributed by atoms with Crippen molar-refractivity contribution in [3.63, 3.8) is 0 Å². The number of hydrogen-bond donors (Lipinski definition) is 3. The fourth-order valence-corrected chi connectivity index (χ4v) is 10.2. The third-order valence-electron chi connectivity index (χ3n) is 15.5. The van der Waals surface area contributed by atoms with E-state index in [9.17, 15) is 24.3 Å². The van der Waals surface area contributed by atoms with Gasteiger partial charge in [0, 0.05) is 40.1 Å². The fraction of sp³-hybridized carbons (Fsp3) is 0.822. The maximum absolute atomic E-state index is 13.9. The van der Waals surface area contributed by atoms with E-state index >= 15 is 0 Å². The number of ether oxygens (including phenoxy) is 23. The number of amides is 3. The van der Waals surface area contributed by atoms with E-state index in [1.165, 1.54) is 21.1 Å². The number of thiazole rings is 1. The van der Waals surface area contributed by atoms with Crippen molar-refractivity contribution in [2.45, 2.75) is 71.2 Å². The minimum atomic E-state index is -0.982. The molecular weight excluding hydrogens is 1460 g/mol. The largest absolute Gasteiger partial charge is 0.463 e. The van der Waals surface area contributed by atoms with Crippen LogP contribution in [0.4, 0.5) is 0 Å². The Hall–Kier alpha value is -3.94. The molecule has 2 aromatic rings. The minimum Gasteiger partial charge on any atom is -0.463 e. The number of nitrogens with two attached hydrogens (primary N) is 1. The van der Waals surface area contributed by atoms with Crippen LogP contribution in [0.2, 0.25) is 0 Å². The lowest BCUT2D eigenvalue weighted by molar-refractivity contribution is -0.147. The second-order valence-electron chi connectivity index (χ2n) is 25.0. The van der Waals surface area contributed by atoms with Gasteiger partial charge in [0.1, 0.15) is 12.6 Å². The molecule has 1 aliphatic rings. The van der Waals surface area contributed by atoms with Crippen molar-refractivity contribution in [2.75, 3.05) is 318 Å². The van der Waals surface area contributed by atoms with E-state index in [1.807, 2.05) is 52.0 Å². The van der Waals surface area contributed by atoms with E-state index < -0.39 is 47.4 Å². The molecule has 3 amide bonds. The number of carbonyl (C=O) groups is 4. The van der Waals surface area contributed by atoms with Crippen LogP contribution in [-0.4, -0.2) is 380 Å². The number of likely N-dealkylation sites (N-methyl/N-ethyl adjacent to an activating group) is 1. The molecule has 108 heavy (non-hydrogen) atoms. The van der Waals surface area contributed by atoms with Crippen LogP contribution in [0.25, 0.3) is 10.4 Å². The number of nitrogens with one attached hydrogen (secondary N) is 1. The summed E-state index contributed by atoms with van der Waals surface area (Å²) in [5.74, 6) is -1.84. The van der Waals surface area contributed by atoms with Crippen LogP contribution in [0.5, 0.6) is 0 Å². The molecule has 1 aliphatic heterocycles. The number of methoxy groups -OCH3 is 1. The number of carbonyl (C=O) groups excluding carboxylic acids is 4. The minimum absolute atomic E-state index is 0. The van der Waals surface area contributed by atoms with Gasteiger partial charge in [0.25, 0.3) is 0 Å². The molecular formula is C73H130ClN5O28S. The first-order valence-corrected chi connectivity index (χ1v) is 38.2. The van der Waals surface area contributed by atoms with E-state index in [-0.39, 0.29) is 57.3 Å². The third-order valence-corrected chi connectivity index (χ3v) is 16.5. The van der Waals surface area contributed by atoms with Crippen molar-refractivity contribution in [3.05, 3.63) is 41.0 Å². The average Bonchev–Trinajstić information content (AvgIpc) is 1.63. The summed E-state index contributed by atoms with van der Waals surface area (Å²) in [5, 5.41) is 13.5. The van der Waals surface area contributed by atoms with Crippen molar-refractivity contribution in [3.8, 4) is 10.4 Å². The van der Waals surface area contributed by atoms with Crippen LogP contribution in [0.15, 0.2) is 29.8 Å². The monoisotopic (exact) mass is 1590 g/mol. The highest BCUT2D eigenvalue weighted by Gasteiger charge is 2.43. The number of aromatic nitrogens is 1. The standard InChI is InChI=1S/C73H129N5O28S.ClH/c1-61-69(107-60-75-61)63-9-7-62(8-10-63)65(76-71(82)66-57-64(79)58-78(66)72(83)70(74)73(2,3)4)59-106-68(81)12-11-67(80)77(5)13-14-85-17-18-87-21-22-89-25-26-91-29-30-93-33-34-95-37-38-97-41-42-99-45-46-101-49-50-103-53-54-105-56-55-104-52-51-102-48-47-100-44-43-98-40-39-96-36-35-94-32-31-92-28-27-90-24-23-88-20-19-86-16-15-84-6;/h7-10,60,64-66,70,79H,11-59,74H2,1-6H3,(H,76,82);1H/t64-,65+,66+,70-;/m1./s1. The zero-order chi connectivity index (χ0) is 77.2. The van der Waals surface area contributed by atoms with Crippen molar-refractivity contribution in [2.24, 2.45) is 11.1 Å². The fourth-order valence-electron chi connectivity index (χ4n) is 9.41. The van der Waals surface area contributed by atoms with Gasteiger partial charge in [-0.15, -0.1) is 23.7 Å². The Morgan fingerprint density at radius 1 is 0.509 bits per heavy atom. The van der Waals surface area contributed by atoms with Crippen molar-refractivity contribution in [1.82, 2.24) is 20.1 Å². The van der Waals surface area contributed by atoms with E-state index in [1.54, 1.807) is 19.7 Å². The summed E-state index contributed by atoms with van der Waals surface area (Å²) in [4.78, 5) is 61.4. The van der Waals surface area contributed by atoms with E-state index in [4.69, 9.17) is 115 Å². The van der Waals surface area contributed by atoms with Crippen LogP contribution < -0.4 is 11.1 Å². The lowest BCUT2D eigenvalue weighted by atomic mass is 9.86. The van der Waals surface area contributed by atoms with Crippen LogP contribution in [0.3, 0.4) is 0 Å². The molecule has 1 aromatic heterocycles. The average molecular weight is 1590 g/mol. The zero-order valence-corrected chi connectivity index (χ0v) is 66.7. The summed E-state index contributed by atoms with van der Waals surface area (Å²) in [6.07, 6.45) is -1.16. The second kappa shape index (κ2) is 69.7. The molecule has 0 bridgehead atoms. The molecule has 1 aromatic carbocycles. The Labute approximate surface area is 649 Å². The van der Waals surface area contributed by atoms with Gasteiger partial charge < -0.3 is 135 Å². The Bertz CT molecular complexity index is 2430.